The summed E-state index contributed by atoms with van der Waals surface area (Å²) in [5.74, 6) is -0.907. The molecule has 0 saturated carbocycles. The maximum absolute atomic E-state index is 12.2. The van der Waals surface area contributed by atoms with Crippen LogP contribution in [0, 0.1) is 10.1 Å². The van der Waals surface area contributed by atoms with Crippen molar-refractivity contribution in [3.8, 4) is 11.5 Å². The Bertz CT molecular complexity index is 745. The summed E-state index contributed by atoms with van der Waals surface area (Å²) in [6.45, 7) is 3.86. The van der Waals surface area contributed by atoms with Crippen molar-refractivity contribution in [1.29, 1.82) is 0 Å². The van der Waals surface area contributed by atoms with Crippen LogP contribution >= 0.6 is 24.0 Å². The monoisotopic (exact) mass is 352 g/mol. The highest BCUT2D eigenvalue weighted by atomic mass is 32.2. The van der Waals surface area contributed by atoms with Crippen molar-refractivity contribution < 1.29 is 19.6 Å². The number of amides is 1. The summed E-state index contributed by atoms with van der Waals surface area (Å²) in [5, 5.41) is 20.7. The van der Waals surface area contributed by atoms with Gasteiger partial charge in [0.25, 0.3) is 5.91 Å². The van der Waals surface area contributed by atoms with Crippen molar-refractivity contribution in [2.75, 3.05) is 13.7 Å². The lowest BCUT2D eigenvalue weighted by Crippen LogP contribution is -2.27. The average molecular weight is 352 g/mol. The van der Waals surface area contributed by atoms with E-state index in [0.717, 1.165) is 17.8 Å². The first-order valence-corrected chi connectivity index (χ1v) is 7.53. The molecule has 0 aromatic heterocycles. The number of aromatic hydroxyl groups is 1. The first-order valence-electron chi connectivity index (χ1n) is 6.30. The number of nitrogens with zero attached hydrogens (tertiary/aromatic N) is 2. The lowest BCUT2D eigenvalue weighted by atomic mass is 10.1. The zero-order valence-corrected chi connectivity index (χ0v) is 13.6. The molecule has 0 spiro atoms. The lowest BCUT2D eigenvalue weighted by molar-refractivity contribution is -0.386. The maximum Gasteiger partial charge on any atom is 0.315 e. The predicted molar refractivity (Wildman–Crippen MR) is 91.4 cm³/mol. The van der Waals surface area contributed by atoms with Gasteiger partial charge in [-0.15, -0.1) is 6.58 Å². The summed E-state index contributed by atoms with van der Waals surface area (Å²) in [4.78, 5) is 24.2. The maximum atomic E-state index is 12.2. The molecular formula is C14H12N2O5S2. The zero-order chi connectivity index (χ0) is 17.1. The fraction of sp³-hybridized carbons (Fsp3) is 0.143. The molecule has 1 N–H and O–H groups in total. The quantitative estimate of drug-likeness (QED) is 0.286. The molecule has 0 unspecified atom stereocenters. The topological polar surface area (TPSA) is 92.9 Å². The molecule has 0 aliphatic carbocycles. The molecule has 23 heavy (non-hydrogen) atoms. The number of methoxy groups -OCH3 is 1. The molecule has 1 aromatic rings. The summed E-state index contributed by atoms with van der Waals surface area (Å²) < 4.78 is 5.31. The minimum atomic E-state index is -0.724. The molecule has 1 amide bonds. The van der Waals surface area contributed by atoms with Crippen LogP contribution in [0.5, 0.6) is 11.5 Å². The fourth-order valence-corrected chi connectivity index (χ4v) is 3.20. The summed E-state index contributed by atoms with van der Waals surface area (Å²) >= 11 is 6.22. The molecule has 1 aliphatic rings. The van der Waals surface area contributed by atoms with Crippen LogP contribution in [0.4, 0.5) is 5.69 Å². The van der Waals surface area contributed by atoms with Crippen LogP contribution in [0.2, 0.25) is 0 Å². The van der Waals surface area contributed by atoms with Crippen molar-refractivity contribution in [3.05, 3.63) is 45.4 Å². The molecule has 0 radical (unpaired) electrons. The highest BCUT2D eigenvalue weighted by molar-refractivity contribution is 8.26. The van der Waals surface area contributed by atoms with Crippen molar-refractivity contribution in [2.45, 2.75) is 0 Å². The summed E-state index contributed by atoms with van der Waals surface area (Å²) in [6.07, 6.45) is 3.03. The Morgan fingerprint density at radius 1 is 1.57 bits per heavy atom. The van der Waals surface area contributed by atoms with Gasteiger partial charge in [0.2, 0.25) is 5.75 Å². The number of nitro benzene ring substituents is 1. The van der Waals surface area contributed by atoms with Crippen LogP contribution in [0.1, 0.15) is 5.56 Å². The van der Waals surface area contributed by atoms with Gasteiger partial charge in [-0.05, 0) is 17.7 Å². The van der Waals surface area contributed by atoms with E-state index in [1.807, 2.05) is 0 Å². The van der Waals surface area contributed by atoms with Gasteiger partial charge in [0.05, 0.1) is 16.9 Å². The Balaban J connectivity index is 2.45. The molecule has 1 aliphatic heterocycles. The van der Waals surface area contributed by atoms with Crippen LogP contribution in [-0.2, 0) is 4.79 Å². The Kier molecular flexibility index (Phi) is 5.02. The molecule has 2 rings (SSSR count). The second-order valence-corrected chi connectivity index (χ2v) is 6.10. The van der Waals surface area contributed by atoms with E-state index >= 15 is 0 Å². The second kappa shape index (κ2) is 6.80. The Morgan fingerprint density at radius 3 is 2.83 bits per heavy atom. The smallest absolute Gasteiger partial charge is 0.315 e. The molecule has 9 heteroatoms. The van der Waals surface area contributed by atoms with Crippen molar-refractivity contribution in [3.63, 3.8) is 0 Å². The van der Waals surface area contributed by atoms with E-state index in [4.69, 9.17) is 17.0 Å². The highest BCUT2D eigenvalue weighted by Crippen LogP contribution is 2.39. The number of hydrogen-bond donors (Lipinski definition) is 1. The molecule has 1 heterocycles. The average Bonchev–Trinajstić information content (AvgIpc) is 2.76. The summed E-state index contributed by atoms with van der Waals surface area (Å²) in [6, 6.07) is 2.57. The minimum absolute atomic E-state index is 0.0491. The van der Waals surface area contributed by atoms with E-state index in [2.05, 4.69) is 6.58 Å². The number of carbonyl (C=O) groups excluding carboxylic acids is 1. The van der Waals surface area contributed by atoms with Crippen LogP contribution in [0.15, 0.2) is 29.7 Å². The van der Waals surface area contributed by atoms with Gasteiger partial charge >= 0.3 is 5.69 Å². The minimum Gasteiger partial charge on any atom is -0.500 e. The number of hydrogen-bond acceptors (Lipinski definition) is 7. The number of thioether (sulfide) groups is 1. The lowest BCUT2D eigenvalue weighted by Gasteiger charge is -2.10. The van der Waals surface area contributed by atoms with Crippen LogP contribution in [0.3, 0.4) is 0 Å². The molecule has 1 aromatic carbocycles. The first kappa shape index (κ1) is 17.0. The fourth-order valence-electron chi connectivity index (χ4n) is 1.93. The molecule has 0 bridgehead atoms. The Hall–Kier alpha value is -2.39. The van der Waals surface area contributed by atoms with Gasteiger partial charge in [0, 0.05) is 12.6 Å². The van der Waals surface area contributed by atoms with Crippen LogP contribution in [-0.4, -0.2) is 38.8 Å². The zero-order valence-electron chi connectivity index (χ0n) is 12.0. The van der Waals surface area contributed by atoms with Crippen molar-refractivity contribution in [1.82, 2.24) is 4.90 Å². The number of thiocarbonyl (C=S) groups is 1. The Morgan fingerprint density at radius 2 is 2.26 bits per heavy atom. The number of carbonyl (C=O) groups is 1. The van der Waals surface area contributed by atoms with Crippen LogP contribution < -0.4 is 4.74 Å². The highest BCUT2D eigenvalue weighted by Gasteiger charge is 2.31. The van der Waals surface area contributed by atoms with Gasteiger partial charge in [-0.3, -0.25) is 19.8 Å². The summed E-state index contributed by atoms with van der Waals surface area (Å²) in [5.41, 5.74) is -0.150. The van der Waals surface area contributed by atoms with Gasteiger partial charge in [-0.25, -0.2) is 0 Å². The number of benzene rings is 1. The number of nitro groups is 1. The third-order valence-corrected chi connectivity index (χ3v) is 4.35. The molecule has 7 nitrogen and oxygen atoms in total. The molecule has 0 atom stereocenters. The molecular weight excluding hydrogens is 340 g/mol. The number of ether oxygens (including phenoxy) is 1. The van der Waals surface area contributed by atoms with Gasteiger partial charge in [-0.2, -0.15) is 0 Å². The predicted octanol–water partition coefficient (Wildman–Crippen LogP) is 2.70. The SMILES string of the molecule is C=CCN1C(=O)/C(=C\c2cc(OC)c(O)c([N+](=O)[O-])c2)SC1=S. The second-order valence-electron chi connectivity index (χ2n) is 4.43. The Labute approximate surface area is 141 Å². The van der Waals surface area contributed by atoms with E-state index in [0.29, 0.717) is 21.3 Å². The van der Waals surface area contributed by atoms with Crippen LogP contribution in [0.25, 0.3) is 6.08 Å². The molecule has 1 fully saturated rings. The van der Waals surface area contributed by atoms with E-state index in [9.17, 15) is 20.0 Å². The third-order valence-electron chi connectivity index (χ3n) is 2.98. The largest absolute Gasteiger partial charge is 0.500 e. The normalized spacial score (nSPS) is 16.0. The van der Waals surface area contributed by atoms with E-state index < -0.39 is 16.4 Å². The van der Waals surface area contributed by atoms with Crippen molar-refractivity contribution >= 4 is 46.0 Å². The summed E-state index contributed by atoms with van der Waals surface area (Å²) in [7, 11) is 1.28. The van der Waals surface area contributed by atoms with Crippen molar-refractivity contribution in [2.24, 2.45) is 0 Å². The van der Waals surface area contributed by atoms with E-state index in [1.54, 1.807) is 6.08 Å². The van der Waals surface area contributed by atoms with Gasteiger partial charge in [0.15, 0.2) is 5.75 Å². The van der Waals surface area contributed by atoms with E-state index in [1.165, 1.54) is 24.2 Å². The molecule has 1 saturated heterocycles. The van der Waals surface area contributed by atoms with Gasteiger partial charge in [-0.1, -0.05) is 30.1 Å². The van der Waals surface area contributed by atoms with Gasteiger partial charge < -0.3 is 9.84 Å². The van der Waals surface area contributed by atoms with Gasteiger partial charge in [0.1, 0.15) is 4.32 Å². The number of rotatable bonds is 5. The van der Waals surface area contributed by atoms with E-state index in [-0.39, 0.29) is 11.7 Å². The standard InChI is InChI=1S/C14H12N2O5S2/c1-3-4-15-13(18)11(23-14(15)22)7-8-5-9(16(19)20)12(17)10(6-8)21-2/h3,5-7,17H,1,4H2,2H3/b11-7+. The number of phenolic OH excluding ortho intramolecular Hbond substituents is 1. The first-order chi connectivity index (χ1) is 10.9. The number of phenols is 1. The molecule has 120 valence electrons. The third kappa shape index (κ3) is 3.35.